The third-order valence-electron chi connectivity index (χ3n) is 2.91. The molecule has 0 fully saturated rings. The van der Waals surface area contributed by atoms with Crippen molar-refractivity contribution in [2.75, 3.05) is 0 Å². The van der Waals surface area contributed by atoms with Crippen LogP contribution in [-0.4, -0.2) is 8.42 Å². The lowest BCUT2D eigenvalue weighted by molar-refractivity contribution is 0.566. The van der Waals surface area contributed by atoms with Gasteiger partial charge in [0.1, 0.15) is 0 Å². The molecule has 0 bridgehead atoms. The number of sulfonamides is 1. The number of rotatable bonds is 4. The monoisotopic (exact) mass is 451 g/mol. The van der Waals surface area contributed by atoms with Crippen molar-refractivity contribution in [1.82, 2.24) is 4.72 Å². The molecule has 0 aliphatic carbocycles. The Morgan fingerprint density at radius 3 is 2.38 bits per heavy atom. The SMILES string of the molecule is CC(NS(=O)(=O)c1ccc(Cl)c(Br)c1)c1ccccc1Br. The minimum Gasteiger partial charge on any atom is -0.207 e. The number of halogens is 3. The molecule has 0 aliphatic rings. The van der Waals surface area contributed by atoms with Gasteiger partial charge in [-0.3, -0.25) is 0 Å². The summed E-state index contributed by atoms with van der Waals surface area (Å²) in [6.07, 6.45) is 0. The first kappa shape index (κ1) is 17.0. The standard InChI is InChI=1S/C14H12Br2ClNO2S/c1-9(11-4-2-3-5-12(11)15)18-21(19,20)10-6-7-14(17)13(16)8-10/h2-9,18H,1H3. The third kappa shape index (κ3) is 4.07. The fourth-order valence-electron chi connectivity index (χ4n) is 1.83. The molecule has 0 saturated carbocycles. The Kier molecular flexibility index (Phi) is 5.48. The van der Waals surface area contributed by atoms with E-state index in [1.165, 1.54) is 12.1 Å². The van der Waals surface area contributed by atoms with Gasteiger partial charge in [0, 0.05) is 15.0 Å². The van der Waals surface area contributed by atoms with Crippen LogP contribution in [-0.2, 0) is 10.0 Å². The maximum absolute atomic E-state index is 12.4. The quantitative estimate of drug-likeness (QED) is 0.715. The molecule has 1 unspecified atom stereocenters. The molecule has 2 aromatic rings. The first-order chi connectivity index (χ1) is 9.81. The number of nitrogens with one attached hydrogen (secondary N) is 1. The lowest BCUT2D eigenvalue weighted by atomic mass is 10.1. The second-order valence-corrected chi connectivity index (χ2v) is 8.27. The fraction of sp³-hybridized carbons (Fsp3) is 0.143. The van der Waals surface area contributed by atoms with E-state index in [-0.39, 0.29) is 10.9 Å². The van der Waals surface area contributed by atoms with Gasteiger partial charge in [0.25, 0.3) is 0 Å². The number of hydrogen-bond acceptors (Lipinski definition) is 2. The van der Waals surface area contributed by atoms with Crippen LogP contribution >= 0.6 is 43.5 Å². The average Bonchev–Trinajstić information content (AvgIpc) is 2.41. The summed E-state index contributed by atoms with van der Waals surface area (Å²) in [6.45, 7) is 1.79. The van der Waals surface area contributed by atoms with Crippen LogP contribution in [0.2, 0.25) is 5.02 Å². The predicted octanol–water partition coefficient (Wildman–Crippen LogP) is 4.90. The molecule has 0 saturated heterocycles. The highest BCUT2D eigenvalue weighted by Crippen LogP contribution is 2.27. The third-order valence-corrected chi connectivity index (χ3v) is 6.38. The maximum Gasteiger partial charge on any atom is 0.241 e. The zero-order valence-corrected chi connectivity index (χ0v) is 15.7. The molecule has 112 valence electrons. The molecule has 0 amide bonds. The van der Waals surface area contributed by atoms with Crippen molar-refractivity contribution < 1.29 is 8.42 Å². The van der Waals surface area contributed by atoms with E-state index in [0.717, 1.165) is 10.0 Å². The molecule has 0 heterocycles. The van der Waals surface area contributed by atoms with Crippen LogP contribution in [0.1, 0.15) is 18.5 Å². The molecule has 1 atom stereocenters. The molecule has 0 aromatic heterocycles. The summed E-state index contributed by atoms with van der Waals surface area (Å²) in [6, 6.07) is 11.6. The van der Waals surface area contributed by atoms with Crippen LogP contribution < -0.4 is 4.72 Å². The second kappa shape index (κ2) is 6.79. The second-order valence-electron chi connectivity index (χ2n) is 4.44. The van der Waals surface area contributed by atoms with Crippen LogP contribution in [0.5, 0.6) is 0 Å². The molecule has 0 aliphatic heterocycles. The lowest BCUT2D eigenvalue weighted by Gasteiger charge is -2.16. The van der Waals surface area contributed by atoms with Gasteiger partial charge >= 0.3 is 0 Å². The predicted molar refractivity (Wildman–Crippen MR) is 92.0 cm³/mol. The van der Waals surface area contributed by atoms with Gasteiger partial charge in [0.2, 0.25) is 10.0 Å². The molecule has 21 heavy (non-hydrogen) atoms. The summed E-state index contributed by atoms with van der Waals surface area (Å²) >= 11 is 12.5. The normalized spacial score (nSPS) is 13.1. The Morgan fingerprint density at radius 2 is 1.76 bits per heavy atom. The van der Waals surface area contributed by atoms with Crippen LogP contribution in [0.15, 0.2) is 56.3 Å². The summed E-state index contributed by atoms with van der Waals surface area (Å²) in [5, 5.41) is 0.466. The first-order valence-electron chi connectivity index (χ1n) is 6.03. The van der Waals surface area contributed by atoms with E-state index >= 15 is 0 Å². The highest BCUT2D eigenvalue weighted by atomic mass is 79.9. The Hall–Kier alpha value is -0.400. The van der Waals surface area contributed by atoms with Gasteiger partial charge in [-0.1, -0.05) is 45.7 Å². The summed E-state index contributed by atoms with van der Waals surface area (Å²) in [5.74, 6) is 0. The van der Waals surface area contributed by atoms with Crippen molar-refractivity contribution >= 4 is 53.5 Å². The van der Waals surface area contributed by atoms with Crippen LogP contribution in [0.3, 0.4) is 0 Å². The van der Waals surface area contributed by atoms with Crippen LogP contribution in [0.4, 0.5) is 0 Å². The average molecular weight is 454 g/mol. The van der Waals surface area contributed by atoms with E-state index in [0.29, 0.717) is 9.50 Å². The van der Waals surface area contributed by atoms with Crippen molar-refractivity contribution in [3.63, 3.8) is 0 Å². The van der Waals surface area contributed by atoms with Gasteiger partial charge in [-0.2, -0.15) is 0 Å². The number of benzene rings is 2. The van der Waals surface area contributed by atoms with E-state index in [2.05, 4.69) is 36.6 Å². The molecule has 0 spiro atoms. The van der Waals surface area contributed by atoms with Gasteiger partial charge in [0.15, 0.2) is 0 Å². The molecule has 2 aromatic carbocycles. The van der Waals surface area contributed by atoms with Crippen LogP contribution in [0.25, 0.3) is 0 Å². The summed E-state index contributed by atoms with van der Waals surface area (Å²) in [7, 11) is -3.62. The molecular formula is C14H12Br2ClNO2S. The van der Waals surface area contributed by atoms with E-state index in [1.54, 1.807) is 13.0 Å². The highest BCUT2D eigenvalue weighted by molar-refractivity contribution is 9.10. The van der Waals surface area contributed by atoms with Gasteiger partial charge in [-0.05, 0) is 52.7 Å². The van der Waals surface area contributed by atoms with E-state index in [4.69, 9.17) is 11.6 Å². The number of hydrogen-bond donors (Lipinski definition) is 1. The van der Waals surface area contributed by atoms with E-state index in [9.17, 15) is 8.42 Å². The van der Waals surface area contributed by atoms with Crippen molar-refractivity contribution in [2.45, 2.75) is 17.9 Å². The largest absolute Gasteiger partial charge is 0.241 e. The maximum atomic E-state index is 12.4. The molecule has 3 nitrogen and oxygen atoms in total. The van der Waals surface area contributed by atoms with Gasteiger partial charge in [-0.15, -0.1) is 0 Å². The lowest BCUT2D eigenvalue weighted by Crippen LogP contribution is -2.27. The van der Waals surface area contributed by atoms with Crippen molar-refractivity contribution in [3.8, 4) is 0 Å². The van der Waals surface area contributed by atoms with Crippen molar-refractivity contribution in [3.05, 3.63) is 62.0 Å². The molecular weight excluding hydrogens is 441 g/mol. The zero-order valence-electron chi connectivity index (χ0n) is 11.0. The smallest absolute Gasteiger partial charge is 0.207 e. The van der Waals surface area contributed by atoms with Gasteiger partial charge in [0.05, 0.1) is 9.92 Å². The topological polar surface area (TPSA) is 46.2 Å². The van der Waals surface area contributed by atoms with E-state index in [1.807, 2.05) is 24.3 Å². The molecule has 7 heteroatoms. The molecule has 2 rings (SSSR count). The molecule has 1 N–H and O–H groups in total. The minimum atomic E-state index is -3.62. The van der Waals surface area contributed by atoms with Crippen LogP contribution in [0, 0.1) is 0 Å². The highest BCUT2D eigenvalue weighted by Gasteiger charge is 2.20. The zero-order chi connectivity index (χ0) is 15.6. The first-order valence-corrected chi connectivity index (χ1v) is 9.48. The Morgan fingerprint density at radius 1 is 1.10 bits per heavy atom. The van der Waals surface area contributed by atoms with Gasteiger partial charge in [-0.25, -0.2) is 13.1 Å². The minimum absolute atomic E-state index is 0.165. The fourth-order valence-corrected chi connectivity index (χ4v) is 4.36. The van der Waals surface area contributed by atoms with Crippen molar-refractivity contribution in [1.29, 1.82) is 0 Å². The van der Waals surface area contributed by atoms with E-state index < -0.39 is 10.0 Å². The van der Waals surface area contributed by atoms with Gasteiger partial charge < -0.3 is 0 Å². The Bertz CT molecular complexity index is 765. The Balaban J connectivity index is 2.29. The van der Waals surface area contributed by atoms with Crippen molar-refractivity contribution in [2.24, 2.45) is 0 Å². The molecule has 0 radical (unpaired) electrons. The summed E-state index contributed by atoms with van der Waals surface area (Å²) in [4.78, 5) is 0.165. The Labute approximate surface area is 146 Å². The summed E-state index contributed by atoms with van der Waals surface area (Å²) < 4.78 is 28.9. The summed E-state index contributed by atoms with van der Waals surface area (Å²) in [5.41, 5.74) is 0.870.